The van der Waals surface area contributed by atoms with Gasteiger partial charge < -0.3 is 15.2 Å². The van der Waals surface area contributed by atoms with Crippen LogP contribution >= 0.6 is 0 Å². The first kappa shape index (κ1) is 16.5. The molecule has 120 valence electrons. The molecular weight excluding hydrogens is 294 g/mol. The SMILES string of the molecule is CCOC(=O)c1c(OCc2ccccc2)ccc(C(C)=O)c1N. The zero-order valence-electron chi connectivity index (χ0n) is 13.2. The van der Waals surface area contributed by atoms with E-state index in [1.165, 1.54) is 6.92 Å². The maximum absolute atomic E-state index is 12.2. The number of hydrogen-bond donors (Lipinski definition) is 1. The van der Waals surface area contributed by atoms with E-state index >= 15 is 0 Å². The lowest BCUT2D eigenvalue weighted by molar-refractivity contribution is 0.0522. The van der Waals surface area contributed by atoms with Gasteiger partial charge in [0.05, 0.1) is 12.3 Å². The van der Waals surface area contributed by atoms with Crippen LogP contribution in [-0.4, -0.2) is 18.4 Å². The normalized spacial score (nSPS) is 10.2. The van der Waals surface area contributed by atoms with E-state index in [1.54, 1.807) is 19.1 Å². The summed E-state index contributed by atoms with van der Waals surface area (Å²) in [4.78, 5) is 23.8. The summed E-state index contributed by atoms with van der Waals surface area (Å²) in [6.07, 6.45) is 0. The number of ketones is 1. The average Bonchev–Trinajstić information content (AvgIpc) is 2.53. The third-order valence-corrected chi connectivity index (χ3v) is 3.30. The van der Waals surface area contributed by atoms with Crippen LogP contribution in [0.5, 0.6) is 5.75 Å². The molecule has 5 heteroatoms. The van der Waals surface area contributed by atoms with Crippen molar-refractivity contribution in [3.8, 4) is 5.75 Å². The molecule has 2 N–H and O–H groups in total. The molecule has 2 aromatic rings. The van der Waals surface area contributed by atoms with Crippen LogP contribution in [0.1, 0.15) is 40.1 Å². The van der Waals surface area contributed by atoms with Crippen LogP contribution in [0.3, 0.4) is 0 Å². The Kier molecular flexibility index (Phi) is 5.36. The largest absolute Gasteiger partial charge is 0.488 e. The minimum Gasteiger partial charge on any atom is -0.488 e. The summed E-state index contributed by atoms with van der Waals surface area (Å²) >= 11 is 0. The number of carbonyl (C=O) groups excluding carboxylic acids is 2. The molecule has 0 bridgehead atoms. The molecule has 0 fully saturated rings. The zero-order valence-corrected chi connectivity index (χ0v) is 13.2. The van der Waals surface area contributed by atoms with E-state index in [9.17, 15) is 9.59 Å². The van der Waals surface area contributed by atoms with Gasteiger partial charge in [-0.1, -0.05) is 30.3 Å². The summed E-state index contributed by atoms with van der Waals surface area (Å²) in [7, 11) is 0. The molecule has 0 spiro atoms. The molecule has 2 rings (SSSR count). The lowest BCUT2D eigenvalue weighted by Gasteiger charge is -2.15. The number of benzene rings is 2. The number of hydrogen-bond acceptors (Lipinski definition) is 5. The monoisotopic (exact) mass is 313 g/mol. The molecule has 0 aromatic heterocycles. The fraction of sp³-hybridized carbons (Fsp3) is 0.222. The first-order chi connectivity index (χ1) is 11.0. The number of Topliss-reactive ketones (excluding diaryl/α,β-unsaturated/α-hetero) is 1. The topological polar surface area (TPSA) is 78.6 Å². The molecular formula is C18H19NO4. The van der Waals surface area contributed by atoms with Gasteiger partial charge >= 0.3 is 5.97 Å². The maximum Gasteiger partial charge on any atom is 0.344 e. The van der Waals surface area contributed by atoms with E-state index in [-0.39, 0.29) is 35.8 Å². The first-order valence-corrected chi connectivity index (χ1v) is 7.31. The summed E-state index contributed by atoms with van der Waals surface area (Å²) in [6.45, 7) is 3.59. The van der Waals surface area contributed by atoms with Crippen LogP contribution in [0, 0.1) is 0 Å². The van der Waals surface area contributed by atoms with Gasteiger partial charge in [0.1, 0.15) is 17.9 Å². The molecule has 0 saturated heterocycles. The van der Waals surface area contributed by atoms with Crippen LogP contribution in [0.15, 0.2) is 42.5 Å². The number of nitrogen functional groups attached to an aromatic ring is 1. The molecule has 5 nitrogen and oxygen atoms in total. The van der Waals surface area contributed by atoms with Crippen LogP contribution in [0.4, 0.5) is 5.69 Å². The van der Waals surface area contributed by atoms with E-state index in [0.717, 1.165) is 5.56 Å². The van der Waals surface area contributed by atoms with Gasteiger partial charge in [-0.25, -0.2) is 4.79 Å². The maximum atomic E-state index is 12.2. The molecule has 0 saturated carbocycles. The predicted octanol–water partition coefficient (Wildman–Crippen LogP) is 3.23. The van der Waals surface area contributed by atoms with Crippen molar-refractivity contribution in [2.75, 3.05) is 12.3 Å². The fourth-order valence-corrected chi connectivity index (χ4v) is 2.18. The molecule has 0 atom stereocenters. The fourth-order valence-electron chi connectivity index (χ4n) is 2.18. The van der Waals surface area contributed by atoms with Gasteiger partial charge in [0.25, 0.3) is 0 Å². The van der Waals surface area contributed by atoms with Crippen molar-refractivity contribution >= 4 is 17.4 Å². The second kappa shape index (κ2) is 7.45. The van der Waals surface area contributed by atoms with Gasteiger partial charge in [0.15, 0.2) is 5.78 Å². The van der Waals surface area contributed by atoms with Crippen molar-refractivity contribution in [1.29, 1.82) is 0 Å². The Labute approximate surface area is 135 Å². The highest BCUT2D eigenvalue weighted by Crippen LogP contribution is 2.30. The van der Waals surface area contributed by atoms with Crippen molar-refractivity contribution in [3.63, 3.8) is 0 Å². The Morgan fingerprint density at radius 2 is 1.78 bits per heavy atom. The van der Waals surface area contributed by atoms with Crippen LogP contribution < -0.4 is 10.5 Å². The molecule has 0 aliphatic rings. The Morgan fingerprint density at radius 1 is 1.09 bits per heavy atom. The smallest absolute Gasteiger partial charge is 0.344 e. The third-order valence-electron chi connectivity index (χ3n) is 3.30. The Hall–Kier alpha value is -2.82. The Balaban J connectivity index is 2.35. The lowest BCUT2D eigenvalue weighted by atomic mass is 10.0. The molecule has 0 heterocycles. The number of rotatable bonds is 6. The minimum atomic E-state index is -0.601. The number of anilines is 1. The summed E-state index contributed by atoms with van der Waals surface area (Å²) in [5.41, 5.74) is 7.39. The van der Waals surface area contributed by atoms with E-state index in [2.05, 4.69) is 0 Å². The highest BCUT2D eigenvalue weighted by molar-refractivity contribution is 6.07. The molecule has 0 unspecified atom stereocenters. The standard InChI is InChI=1S/C18H19NO4/c1-3-22-18(21)16-15(10-9-14(12(2)20)17(16)19)23-11-13-7-5-4-6-8-13/h4-10H,3,11,19H2,1-2H3. The average molecular weight is 313 g/mol. The van der Waals surface area contributed by atoms with Crippen LogP contribution in [-0.2, 0) is 11.3 Å². The van der Waals surface area contributed by atoms with Gasteiger partial charge in [0.2, 0.25) is 0 Å². The van der Waals surface area contributed by atoms with Gasteiger partial charge in [-0.3, -0.25) is 4.79 Å². The van der Waals surface area contributed by atoms with Crippen LogP contribution in [0.2, 0.25) is 0 Å². The van der Waals surface area contributed by atoms with Gasteiger partial charge in [-0.15, -0.1) is 0 Å². The second-order valence-corrected chi connectivity index (χ2v) is 4.95. The first-order valence-electron chi connectivity index (χ1n) is 7.31. The number of nitrogens with two attached hydrogens (primary N) is 1. The van der Waals surface area contributed by atoms with Crippen molar-refractivity contribution < 1.29 is 19.1 Å². The van der Waals surface area contributed by atoms with E-state index in [4.69, 9.17) is 15.2 Å². The van der Waals surface area contributed by atoms with E-state index in [1.807, 2.05) is 30.3 Å². The molecule has 0 radical (unpaired) electrons. The predicted molar refractivity (Wildman–Crippen MR) is 87.6 cm³/mol. The zero-order chi connectivity index (χ0) is 16.8. The van der Waals surface area contributed by atoms with Crippen molar-refractivity contribution in [1.82, 2.24) is 0 Å². The van der Waals surface area contributed by atoms with Crippen LogP contribution in [0.25, 0.3) is 0 Å². The number of esters is 1. The molecule has 2 aromatic carbocycles. The summed E-state index contributed by atoms with van der Waals surface area (Å²) in [5.74, 6) is -0.520. The van der Waals surface area contributed by atoms with Crippen molar-refractivity contribution in [2.45, 2.75) is 20.5 Å². The quantitative estimate of drug-likeness (QED) is 0.503. The van der Waals surface area contributed by atoms with Gasteiger partial charge in [-0.05, 0) is 31.5 Å². The summed E-state index contributed by atoms with van der Waals surface area (Å²) < 4.78 is 10.7. The highest BCUT2D eigenvalue weighted by atomic mass is 16.5. The molecule has 0 aliphatic carbocycles. The van der Waals surface area contributed by atoms with Gasteiger partial charge in [-0.2, -0.15) is 0 Å². The van der Waals surface area contributed by atoms with E-state index < -0.39 is 5.97 Å². The Bertz CT molecular complexity index is 710. The lowest BCUT2D eigenvalue weighted by Crippen LogP contribution is -2.13. The Morgan fingerprint density at radius 3 is 2.39 bits per heavy atom. The van der Waals surface area contributed by atoms with Gasteiger partial charge in [0, 0.05) is 5.56 Å². The number of carbonyl (C=O) groups is 2. The van der Waals surface area contributed by atoms with Crippen molar-refractivity contribution in [3.05, 3.63) is 59.2 Å². The summed E-state index contributed by atoms with van der Waals surface area (Å²) in [5, 5.41) is 0. The molecule has 23 heavy (non-hydrogen) atoms. The van der Waals surface area contributed by atoms with Crippen molar-refractivity contribution in [2.24, 2.45) is 0 Å². The molecule has 0 aliphatic heterocycles. The minimum absolute atomic E-state index is 0.0847. The third kappa shape index (κ3) is 3.88. The number of ether oxygens (including phenoxy) is 2. The second-order valence-electron chi connectivity index (χ2n) is 4.95. The summed E-state index contributed by atoms with van der Waals surface area (Å²) in [6, 6.07) is 12.7. The van der Waals surface area contributed by atoms with E-state index in [0.29, 0.717) is 5.75 Å². The highest BCUT2D eigenvalue weighted by Gasteiger charge is 2.22. The molecule has 0 amide bonds.